The average Bonchev–Trinajstić information content (AvgIpc) is 3.33. The monoisotopic (exact) mass is 540 g/mol. The van der Waals surface area contributed by atoms with Crippen molar-refractivity contribution in [3.63, 3.8) is 0 Å². The van der Waals surface area contributed by atoms with Gasteiger partial charge in [-0.25, -0.2) is 0 Å². The lowest BCUT2D eigenvalue weighted by Gasteiger charge is -2.23. The van der Waals surface area contributed by atoms with Gasteiger partial charge >= 0.3 is 0 Å². The van der Waals surface area contributed by atoms with Crippen LogP contribution in [-0.2, 0) is 4.57 Å². The molecule has 0 radical (unpaired) electrons. The highest BCUT2D eigenvalue weighted by Crippen LogP contribution is 2.51. The highest BCUT2D eigenvalue weighted by atomic mass is 127. The van der Waals surface area contributed by atoms with Crippen molar-refractivity contribution in [3.8, 4) is 23.0 Å². The van der Waals surface area contributed by atoms with E-state index in [1.54, 1.807) is 0 Å². The zero-order valence-electron chi connectivity index (χ0n) is 16.4. The Balaban J connectivity index is 1.76. The Bertz CT molecular complexity index is 1220. The number of halogens is 1. The van der Waals surface area contributed by atoms with Crippen molar-refractivity contribution >= 4 is 45.6 Å². The number of ether oxygens (including phenoxy) is 3. The molecule has 0 fully saturated rings. The van der Waals surface area contributed by atoms with Gasteiger partial charge in [-0.3, -0.25) is 0 Å². The van der Waals surface area contributed by atoms with E-state index in [4.69, 9.17) is 14.2 Å². The minimum Gasteiger partial charge on any atom is -0.453 e. The van der Waals surface area contributed by atoms with Crippen LogP contribution in [0.15, 0.2) is 97.1 Å². The van der Waals surface area contributed by atoms with Crippen LogP contribution in [0.2, 0.25) is 0 Å². The number of hydrogen-bond acceptors (Lipinski definition) is 4. The summed E-state index contributed by atoms with van der Waals surface area (Å²) in [7, 11) is -3.20. The lowest BCUT2D eigenvalue weighted by molar-refractivity contribution is 0.171. The Morgan fingerprint density at radius 3 is 1.84 bits per heavy atom. The number of fused-ring (bicyclic) bond motifs is 1. The molecule has 0 saturated carbocycles. The van der Waals surface area contributed by atoms with Gasteiger partial charge in [-0.1, -0.05) is 78.9 Å². The van der Waals surface area contributed by atoms with Crippen LogP contribution in [0.3, 0.4) is 0 Å². The molecule has 1 heterocycles. The fourth-order valence-corrected chi connectivity index (χ4v) is 7.91. The van der Waals surface area contributed by atoms with Gasteiger partial charge in [0.15, 0.2) is 18.6 Å². The first-order valence-electron chi connectivity index (χ1n) is 9.75. The third kappa shape index (κ3) is 3.62. The lowest BCUT2D eigenvalue weighted by atomic mass is 10.3. The quantitative estimate of drug-likeness (QED) is 0.250. The zero-order valence-corrected chi connectivity index (χ0v) is 19.5. The summed E-state index contributed by atoms with van der Waals surface area (Å²) >= 11 is 2.20. The van der Waals surface area contributed by atoms with E-state index >= 15 is 0 Å². The van der Waals surface area contributed by atoms with Crippen molar-refractivity contribution in [2.75, 3.05) is 6.79 Å². The van der Waals surface area contributed by atoms with E-state index in [-0.39, 0.29) is 6.79 Å². The van der Waals surface area contributed by atoms with Crippen molar-refractivity contribution in [2.45, 2.75) is 0 Å². The van der Waals surface area contributed by atoms with Gasteiger partial charge in [0, 0.05) is 15.9 Å². The van der Waals surface area contributed by atoms with Crippen LogP contribution in [0, 0.1) is 3.57 Å². The number of hydrogen-bond donors (Lipinski definition) is 0. The van der Waals surface area contributed by atoms with Crippen LogP contribution in [0.5, 0.6) is 23.0 Å². The Kier molecular flexibility index (Phi) is 5.47. The van der Waals surface area contributed by atoms with Gasteiger partial charge in [0.2, 0.25) is 12.5 Å². The van der Waals surface area contributed by atoms with E-state index in [1.807, 2.05) is 97.1 Å². The third-order valence-corrected chi connectivity index (χ3v) is 9.66. The first-order chi connectivity index (χ1) is 15.2. The smallest absolute Gasteiger partial charge is 0.231 e. The van der Waals surface area contributed by atoms with Crippen LogP contribution in [0.4, 0.5) is 0 Å². The van der Waals surface area contributed by atoms with E-state index in [1.165, 1.54) is 0 Å². The normalized spacial score (nSPS) is 12.5. The summed E-state index contributed by atoms with van der Waals surface area (Å²) in [5.41, 5.74) is 0. The molecule has 0 spiro atoms. The van der Waals surface area contributed by atoms with E-state index < -0.39 is 7.14 Å². The van der Waals surface area contributed by atoms with Gasteiger partial charge in [0.25, 0.3) is 0 Å². The summed E-state index contributed by atoms with van der Waals surface area (Å²) in [6.45, 7) is 0.0981. The molecule has 4 nitrogen and oxygen atoms in total. The van der Waals surface area contributed by atoms with Crippen molar-refractivity contribution in [2.24, 2.45) is 0 Å². The molecule has 6 heteroatoms. The maximum absolute atomic E-state index is 14.9. The second-order valence-corrected chi connectivity index (χ2v) is 10.8. The molecule has 1 aliphatic rings. The highest BCUT2D eigenvalue weighted by molar-refractivity contribution is 14.1. The number of benzene rings is 4. The summed E-state index contributed by atoms with van der Waals surface area (Å²) in [4.78, 5) is 0. The van der Waals surface area contributed by atoms with Gasteiger partial charge in [0.1, 0.15) is 5.75 Å². The molecule has 0 unspecified atom stereocenters. The van der Waals surface area contributed by atoms with Crippen molar-refractivity contribution in [1.82, 2.24) is 0 Å². The predicted octanol–water partition coefficient (Wildman–Crippen LogP) is 5.45. The molecule has 31 heavy (non-hydrogen) atoms. The SMILES string of the molecule is O=P(c1ccccc1)(c1ccccc1)c1cc(Oc2ccccc2)c2c(c1I)OCO2. The molecule has 4 aromatic carbocycles. The zero-order chi connectivity index (χ0) is 21.3. The molecule has 0 atom stereocenters. The summed E-state index contributed by atoms with van der Waals surface area (Å²) in [6.07, 6.45) is 0. The molecule has 0 N–H and O–H groups in total. The average molecular weight is 540 g/mol. The van der Waals surface area contributed by atoms with Gasteiger partial charge in [-0.05, 0) is 40.8 Å². The van der Waals surface area contributed by atoms with Gasteiger partial charge in [-0.15, -0.1) is 0 Å². The van der Waals surface area contributed by atoms with Gasteiger partial charge in [-0.2, -0.15) is 0 Å². The van der Waals surface area contributed by atoms with E-state index in [9.17, 15) is 4.57 Å². The highest BCUT2D eigenvalue weighted by Gasteiger charge is 2.36. The minimum atomic E-state index is -3.20. The van der Waals surface area contributed by atoms with E-state index in [0.29, 0.717) is 28.3 Å². The molecule has 0 bridgehead atoms. The van der Waals surface area contributed by atoms with Crippen LogP contribution in [0.1, 0.15) is 0 Å². The topological polar surface area (TPSA) is 44.8 Å². The van der Waals surface area contributed by atoms with Crippen molar-refractivity contribution < 1.29 is 18.8 Å². The van der Waals surface area contributed by atoms with Crippen LogP contribution in [0.25, 0.3) is 0 Å². The summed E-state index contributed by atoms with van der Waals surface area (Å²) in [5, 5.41) is 2.17. The van der Waals surface area contributed by atoms with E-state index in [0.717, 1.165) is 14.2 Å². The van der Waals surface area contributed by atoms with Crippen molar-refractivity contribution in [1.29, 1.82) is 0 Å². The molecule has 0 amide bonds. The summed E-state index contributed by atoms with van der Waals surface area (Å²) < 4.78 is 33.3. The minimum absolute atomic E-state index is 0.0981. The maximum atomic E-state index is 14.9. The lowest BCUT2D eigenvalue weighted by Crippen LogP contribution is -2.27. The Hall–Kier alpha value is -2.76. The van der Waals surface area contributed by atoms with Crippen LogP contribution in [-0.4, -0.2) is 6.79 Å². The molecule has 0 aromatic heterocycles. The summed E-state index contributed by atoms with van der Waals surface area (Å²) in [6, 6.07) is 30.4. The maximum Gasteiger partial charge on any atom is 0.231 e. The fourth-order valence-electron chi connectivity index (χ4n) is 3.62. The van der Waals surface area contributed by atoms with E-state index in [2.05, 4.69) is 22.6 Å². The molecule has 5 rings (SSSR count). The third-order valence-electron chi connectivity index (χ3n) is 5.08. The first kappa shape index (κ1) is 20.2. The van der Waals surface area contributed by atoms with Crippen LogP contribution < -0.4 is 30.1 Å². The fraction of sp³-hybridized carbons (Fsp3) is 0.0400. The molecular formula is C25H18IO4P. The largest absolute Gasteiger partial charge is 0.453 e. The van der Waals surface area contributed by atoms with Gasteiger partial charge in [0.05, 0.1) is 3.57 Å². The second kappa shape index (κ2) is 8.40. The number of rotatable bonds is 5. The Labute approximate surface area is 194 Å². The molecular weight excluding hydrogens is 522 g/mol. The predicted molar refractivity (Wildman–Crippen MR) is 131 cm³/mol. The first-order valence-corrected chi connectivity index (χ1v) is 12.5. The second-order valence-electron chi connectivity index (χ2n) is 6.97. The Morgan fingerprint density at radius 2 is 1.26 bits per heavy atom. The molecule has 154 valence electrons. The van der Waals surface area contributed by atoms with Crippen molar-refractivity contribution in [3.05, 3.63) is 101 Å². The molecule has 1 aliphatic heterocycles. The molecule has 0 aliphatic carbocycles. The van der Waals surface area contributed by atoms with Crippen LogP contribution >= 0.6 is 29.7 Å². The summed E-state index contributed by atoms with van der Waals surface area (Å²) in [5.74, 6) is 2.25. The molecule has 0 saturated heterocycles. The Morgan fingerprint density at radius 1 is 0.742 bits per heavy atom. The van der Waals surface area contributed by atoms with Gasteiger partial charge < -0.3 is 18.8 Å². The number of para-hydroxylation sites is 1. The molecule has 4 aromatic rings. The standard InChI is InChI=1S/C25H18IO4P/c26-23-22(31(27,19-12-6-2-7-13-19)20-14-8-3-9-15-20)16-21(24-25(23)29-17-28-24)30-18-10-4-1-5-11-18/h1-16H,17H2.